The van der Waals surface area contributed by atoms with Gasteiger partial charge in [0.1, 0.15) is 0 Å². The summed E-state index contributed by atoms with van der Waals surface area (Å²) in [6, 6.07) is 5.65. The Morgan fingerprint density at radius 1 is 1.24 bits per heavy atom. The summed E-state index contributed by atoms with van der Waals surface area (Å²) in [4.78, 5) is 10.4. The van der Waals surface area contributed by atoms with Crippen molar-refractivity contribution in [2.75, 3.05) is 0 Å². The fourth-order valence-corrected chi connectivity index (χ4v) is 1.15. The summed E-state index contributed by atoms with van der Waals surface area (Å²) in [6.07, 6.45) is 0.431. The Labute approximate surface area is 94.8 Å². The lowest BCUT2D eigenvalue weighted by Gasteiger charge is -2.02. The summed E-state index contributed by atoms with van der Waals surface area (Å²) < 4.78 is 62.0. The van der Waals surface area contributed by atoms with Crippen LogP contribution in [0.5, 0.6) is 5.75 Å². The highest BCUT2D eigenvalue weighted by molar-refractivity contribution is 7.81. The molecule has 0 aliphatic rings. The molecule has 0 spiro atoms. The van der Waals surface area contributed by atoms with Crippen molar-refractivity contribution in [1.82, 2.24) is 0 Å². The first-order valence-electron chi connectivity index (χ1n) is 3.89. The molecule has 9 heteroatoms. The summed E-state index contributed by atoms with van der Waals surface area (Å²) in [7, 11) is -4.57. The third kappa shape index (κ3) is 8.22. The van der Waals surface area contributed by atoms with Gasteiger partial charge in [-0.3, -0.25) is 9.35 Å². The van der Waals surface area contributed by atoms with Gasteiger partial charge in [-0.1, -0.05) is 12.1 Å². The van der Waals surface area contributed by atoms with Crippen molar-refractivity contribution in [1.29, 1.82) is 0 Å². The van der Waals surface area contributed by atoms with E-state index in [4.69, 9.17) is 4.55 Å². The summed E-state index contributed by atoms with van der Waals surface area (Å²) in [6.45, 7) is -3.67. The molecule has 0 aromatic heterocycles. The van der Waals surface area contributed by atoms with E-state index in [0.717, 1.165) is 0 Å². The molecular weight excluding hydrogens is 265 g/mol. The van der Waals surface area contributed by atoms with Crippen LogP contribution in [-0.4, -0.2) is 25.9 Å². The summed E-state index contributed by atoms with van der Waals surface area (Å²) in [5, 5.41) is 0. The van der Waals surface area contributed by atoms with E-state index in [1.54, 1.807) is 6.07 Å². The number of carbonyl (C=O) groups excluding carboxylic acids is 1. The molecule has 0 aliphatic carbocycles. The molecule has 0 fully saturated rings. The highest BCUT2D eigenvalue weighted by Gasteiger charge is 2.09. The summed E-state index contributed by atoms with van der Waals surface area (Å²) in [5.74, 6) is -0.194. The second kappa shape index (κ2) is 6.86. The van der Waals surface area contributed by atoms with Crippen molar-refractivity contribution in [3.05, 3.63) is 29.8 Å². The van der Waals surface area contributed by atoms with Crippen LogP contribution >= 0.6 is 0 Å². The van der Waals surface area contributed by atoms with Crippen molar-refractivity contribution in [3.63, 3.8) is 0 Å². The van der Waals surface area contributed by atoms with Gasteiger partial charge in [-0.25, -0.2) is 0 Å². The molecule has 96 valence electrons. The predicted octanol–water partition coefficient (Wildman–Crippen LogP) is 1.86. The van der Waals surface area contributed by atoms with E-state index in [-0.39, 0.29) is 11.3 Å². The molecule has 0 aliphatic heterocycles. The number of para-hydroxylation sites is 1. The van der Waals surface area contributed by atoms with Gasteiger partial charge < -0.3 is 4.18 Å². The molecule has 0 atom stereocenters. The second-order valence-corrected chi connectivity index (χ2v) is 3.44. The fourth-order valence-electron chi connectivity index (χ4n) is 0.767. The van der Waals surface area contributed by atoms with Crippen molar-refractivity contribution in [2.45, 2.75) is 6.68 Å². The van der Waals surface area contributed by atoms with Gasteiger partial charge in [-0.15, -0.1) is 0 Å². The first-order chi connectivity index (χ1) is 7.76. The molecule has 5 nitrogen and oxygen atoms in total. The Kier molecular flexibility index (Phi) is 6.21. The SMILES string of the molecule is FC(F)F.O=Cc1ccccc1OS(=O)(=O)O. The maximum absolute atomic E-state index is 10.4. The third-order valence-corrected chi connectivity index (χ3v) is 1.63. The summed E-state index contributed by atoms with van der Waals surface area (Å²) in [5.41, 5.74) is 0.0557. The number of hydrogen-bond acceptors (Lipinski definition) is 4. The van der Waals surface area contributed by atoms with Crippen LogP contribution in [0.2, 0.25) is 0 Å². The van der Waals surface area contributed by atoms with E-state index >= 15 is 0 Å². The van der Waals surface area contributed by atoms with Crippen molar-refractivity contribution in [3.8, 4) is 5.75 Å². The van der Waals surface area contributed by atoms with E-state index in [1.807, 2.05) is 0 Å². The van der Waals surface area contributed by atoms with Crippen LogP contribution < -0.4 is 4.18 Å². The Hall–Kier alpha value is -1.61. The lowest BCUT2D eigenvalue weighted by atomic mass is 10.2. The van der Waals surface area contributed by atoms with Gasteiger partial charge in [0, 0.05) is 0 Å². The molecule has 1 rings (SSSR count). The molecule has 0 saturated heterocycles. The van der Waals surface area contributed by atoms with Gasteiger partial charge in [-0.2, -0.15) is 21.6 Å². The van der Waals surface area contributed by atoms with Crippen LogP contribution in [0.15, 0.2) is 24.3 Å². The topological polar surface area (TPSA) is 80.7 Å². The van der Waals surface area contributed by atoms with Crippen LogP contribution in [0.3, 0.4) is 0 Å². The van der Waals surface area contributed by atoms with E-state index < -0.39 is 17.1 Å². The van der Waals surface area contributed by atoms with Crippen LogP contribution in [0.4, 0.5) is 13.2 Å². The Morgan fingerprint density at radius 2 is 1.71 bits per heavy atom. The maximum atomic E-state index is 10.4. The smallest absolute Gasteiger partial charge is 0.361 e. The van der Waals surface area contributed by atoms with E-state index in [2.05, 4.69) is 4.18 Å². The van der Waals surface area contributed by atoms with Crippen molar-refractivity contribution < 1.29 is 35.1 Å². The zero-order valence-corrected chi connectivity index (χ0v) is 8.90. The summed E-state index contributed by atoms with van der Waals surface area (Å²) >= 11 is 0. The van der Waals surface area contributed by atoms with Crippen LogP contribution in [-0.2, 0) is 10.4 Å². The number of halogens is 3. The zero-order valence-electron chi connectivity index (χ0n) is 8.09. The molecule has 1 aromatic carbocycles. The molecular formula is C8H7F3O5S. The molecule has 0 saturated carbocycles. The number of aldehydes is 1. The largest absolute Gasteiger partial charge is 0.446 e. The van der Waals surface area contributed by atoms with Gasteiger partial charge in [0.2, 0.25) is 0 Å². The number of rotatable bonds is 3. The molecule has 17 heavy (non-hydrogen) atoms. The van der Waals surface area contributed by atoms with Crippen molar-refractivity contribution in [2.24, 2.45) is 0 Å². The fraction of sp³-hybridized carbons (Fsp3) is 0.125. The van der Waals surface area contributed by atoms with E-state index in [9.17, 15) is 26.4 Å². The van der Waals surface area contributed by atoms with Crippen molar-refractivity contribution >= 4 is 16.7 Å². The number of carbonyl (C=O) groups is 1. The highest BCUT2D eigenvalue weighted by Crippen LogP contribution is 2.16. The van der Waals surface area contributed by atoms with Gasteiger partial charge in [0.05, 0.1) is 5.56 Å². The van der Waals surface area contributed by atoms with E-state index in [1.165, 1.54) is 18.2 Å². The minimum absolute atomic E-state index is 0.0557. The molecule has 0 heterocycles. The maximum Gasteiger partial charge on any atom is 0.446 e. The molecule has 0 unspecified atom stereocenters. The average Bonchev–Trinajstić information content (AvgIpc) is 2.15. The average molecular weight is 272 g/mol. The second-order valence-electron chi connectivity index (χ2n) is 2.41. The predicted molar refractivity (Wildman–Crippen MR) is 51.1 cm³/mol. The number of benzene rings is 1. The number of alkyl halides is 3. The first kappa shape index (κ1) is 15.4. The Morgan fingerprint density at radius 3 is 2.12 bits per heavy atom. The van der Waals surface area contributed by atoms with Crippen LogP contribution in [0, 0.1) is 0 Å². The molecule has 1 aromatic rings. The van der Waals surface area contributed by atoms with Gasteiger partial charge >= 0.3 is 17.1 Å². The normalized spacial score (nSPS) is 10.4. The molecule has 0 amide bonds. The number of hydrogen-bond donors (Lipinski definition) is 1. The Balaban J connectivity index is 0.000000557. The highest BCUT2D eigenvalue weighted by atomic mass is 32.3. The third-order valence-electron chi connectivity index (χ3n) is 1.24. The quantitative estimate of drug-likeness (QED) is 0.671. The zero-order chi connectivity index (χ0) is 13.5. The Bertz CT molecular complexity index is 457. The first-order valence-corrected chi connectivity index (χ1v) is 5.26. The molecule has 1 N–H and O–H groups in total. The molecule has 0 radical (unpaired) electrons. The van der Waals surface area contributed by atoms with Crippen LogP contribution in [0.1, 0.15) is 10.4 Å². The molecule has 0 bridgehead atoms. The lowest BCUT2D eigenvalue weighted by molar-refractivity contribution is 0.00818. The monoisotopic (exact) mass is 272 g/mol. The minimum Gasteiger partial charge on any atom is -0.361 e. The standard InChI is InChI=1S/C7H6O5S.CHF3/c8-5-6-3-1-2-4-7(6)12-13(9,10)11;2-1(3)4/h1-5H,(H,9,10,11);1H. The minimum atomic E-state index is -4.57. The van der Waals surface area contributed by atoms with Gasteiger partial charge in [0.25, 0.3) is 0 Å². The van der Waals surface area contributed by atoms with E-state index in [0.29, 0.717) is 6.29 Å². The van der Waals surface area contributed by atoms with Gasteiger partial charge in [0.15, 0.2) is 12.0 Å². The van der Waals surface area contributed by atoms with Gasteiger partial charge in [-0.05, 0) is 12.1 Å². The lowest BCUT2D eigenvalue weighted by Crippen LogP contribution is -2.07. The van der Waals surface area contributed by atoms with Crippen LogP contribution in [0.25, 0.3) is 0 Å².